The molecule has 1 unspecified atom stereocenters. The number of sulfonamides is 1. The highest BCUT2D eigenvalue weighted by atomic mass is 35.5. The molecule has 1 fully saturated rings. The highest BCUT2D eigenvalue weighted by Gasteiger charge is 2.49. The van der Waals surface area contributed by atoms with E-state index in [1.165, 1.54) is 6.92 Å². The summed E-state index contributed by atoms with van der Waals surface area (Å²) in [6.45, 7) is 1.47. The maximum atomic E-state index is 12.3. The highest BCUT2D eigenvalue weighted by molar-refractivity contribution is 7.89. The standard InChI is InChI=1S/C15H20ClNO3S/c1-11(18)15(9-3-2-4-10-15)14(21(17,19)20)12-5-7-13(16)8-6-12/h5-8,14H,2-4,9-10H2,1H3,(H2,17,19,20). The van der Waals surface area contributed by atoms with Crippen LogP contribution in [-0.2, 0) is 14.8 Å². The molecule has 1 saturated carbocycles. The maximum Gasteiger partial charge on any atom is 0.217 e. The number of rotatable bonds is 4. The summed E-state index contributed by atoms with van der Waals surface area (Å²) in [5.41, 5.74) is -0.376. The Balaban J connectivity index is 2.58. The molecule has 1 aromatic rings. The normalized spacial score (nSPS) is 20.0. The van der Waals surface area contributed by atoms with E-state index in [1.807, 2.05) is 0 Å². The van der Waals surface area contributed by atoms with E-state index in [2.05, 4.69) is 0 Å². The molecule has 0 spiro atoms. The van der Waals surface area contributed by atoms with E-state index in [0.29, 0.717) is 23.4 Å². The third-order valence-electron chi connectivity index (χ3n) is 4.45. The molecule has 116 valence electrons. The van der Waals surface area contributed by atoms with Crippen LogP contribution in [0.15, 0.2) is 24.3 Å². The van der Waals surface area contributed by atoms with Crippen molar-refractivity contribution in [1.29, 1.82) is 0 Å². The van der Waals surface area contributed by atoms with Gasteiger partial charge in [0.2, 0.25) is 10.0 Å². The van der Waals surface area contributed by atoms with Crippen molar-refractivity contribution in [1.82, 2.24) is 0 Å². The molecule has 1 aromatic carbocycles. The number of benzene rings is 1. The lowest BCUT2D eigenvalue weighted by molar-refractivity contribution is -0.128. The van der Waals surface area contributed by atoms with Gasteiger partial charge in [-0.2, -0.15) is 0 Å². The number of hydrogen-bond acceptors (Lipinski definition) is 3. The molecule has 0 bridgehead atoms. The smallest absolute Gasteiger partial charge is 0.217 e. The first-order valence-corrected chi connectivity index (χ1v) is 9.04. The number of ketones is 1. The molecular formula is C15H20ClNO3S. The van der Waals surface area contributed by atoms with Gasteiger partial charge in [0.1, 0.15) is 11.0 Å². The van der Waals surface area contributed by atoms with E-state index in [4.69, 9.17) is 16.7 Å². The molecule has 0 aliphatic heterocycles. The predicted octanol–water partition coefficient (Wildman–Crippen LogP) is 3.21. The van der Waals surface area contributed by atoms with Crippen LogP contribution < -0.4 is 5.14 Å². The monoisotopic (exact) mass is 329 g/mol. The van der Waals surface area contributed by atoms with Crippen molar-refractivity contribution in [2.24, 2.45) is 10.6 Å². The summed E-state index contributed by atoms with van der Waals surface area (Å²) in [5.74, 6) is -0.101. The lowest BCUT2D eigenvalue weighted by Gasteiger charge is -2.40. The molecule has 1 atom stereocenters. The molecule has 0 amide bonds. The largest absolute Gasteiger partial charge is 0.299 e. The topological polar surface area (TPSA) is 77.2 Å². The van der Waals surface area contributed by atoms with E-state index in [-0.39, 0.29) is 5.78 Å². The first-order valence-electron chi connectivity index (χ1n) is 7.05. The first kappa shape index (κ1) is 16.5. The van der Waals surface area contributed by atoms with E-state index in [1.54, 1.807) is 24.3 Å². The minimum absolute atomic E-state index is 0.101. The lowest BCUT2D eigenvalue weighted by Crippen LogP contribution is -2.43. The molecule has 1 aliphatic rings. The number of nitrogens with two attached hydrogens (primary N) is 1. The van der Waals surface area contributed by atoms with Crippen LogP contribution >= 0.6 is 11.6 Å². The van der Waals surface area contributed by atoms with Crippen molar-refractivity contribution in [3.05, 3.63) is 34.9 Å². The average Bonchev–Trinajstić information content (AvgIpc) is 2.41. The van der Waals surface area contributed by atoms with Crippen LogP contribution in [0.25, 0.3) is 0 Å². The fourth-order valence-electron chi connectivity index (χ4n) is 3.44. The van der Waals surface area contributed by atoms with Crippen LogP contribution in [-0.4, -0.2) is 14.2 Å². The van der Waals surface area contributed by atoms with Crippen molar-refractivity contribution in [2.75, 3.05) is 0 Å². The number of primary sulfonamides is 1. The zero-order valence-electron chi connectivity index (χ0n) is 12.0. The summed E-state index contributed by atoms with van der Waals surface area (Å²) in [6, 6.07) is 6.56. The quantitative estimate of drug-likeness (QED) is 0.921. The average molecular weight is 330 g/mol. The number of carbonyl (C=O) groups is 1. The van der Waals surface area contributed by atoms with Gasteiger partial charge in [0.05, 0.1) is 5.41 Å². The Morgan fingerprint density at radius 1 is 1.19 bits per heavy atom. The fourth-order valence-corrected chi connectivity index (χ4v) is 5.14. The van der Waals surface area contributed by atoms with E-state index >= 15 is 0 Å². The Morgan fingerprint density at radius 2 is 1.71 bits per heavy atom. The summed E-state index contributed by atoms with van der Waals surface area (Å²) < 4.78 is 24.4. The van der Waals surface area contributed by atoms with Gasteiger partial charge in [-0.25, -0.2) is 13.6 Å². The van der Waals surface area contributed by atoms with Crippen LogP contribution in [0.5, 0.6) is 0 Å². The first-order chi connectivity index (χ1) is 9.77. The summed E-state index contributed by atoms with van der Waals surface area (Å²) in [7, 11) is -3.90. The molecular weight excluding hydrogens is 310 g/mol. The second-order valence-corrected chi connectivity index (χ2v) is 7.88. The van der Waals surface area contributed by atoms with E-state index in [0.717, 1.165) is 19.3 Å². The fraction of sp³-hybridized carbons (Fsp3) is 0.533. The molecule has 2 rings (SSSR count). The second kappa shape index (κ2) is 6.07. The SMILES string of the molecule is CC(=O)C1(C(c2ccc(Cl)cc2)S(N)(=O)=O)CCCCC1. The molecule has 2 N–H and O–H groups in total. The molecule has 0 saturated heterocycles. The van der Waals surface area contributed by atoms with Crippen molar-refractivity contribution in [3.8, 4) is 0 Å². The van der Waals surface area contributed by atoms with E-state index < -0.39 is 20.7 Å². The van der Waals surface area contributed by atoms with E-state index in [9.17, 15) is 13.2 Å². The molecule has 0 heterocycles. The van der Waals surface area contributed by atoms with Crippen molar-refractivity contribution in [2.45, 2.75) is 44.3 Å². The maximum absolute atomic E-state index is 12.3. The van der Waals surface area contributed by atoms with Crippen molar-refractivity contribution >= 4 is 27.4 Å². The lowest BCUT2D eigenvalue weighted by atomic mass is 9.67. The second-order valence-electron chi connectivity index (χ2n) is 5.79. The minimum atomic E-state index is -3.90. The summed E-state index contributed by atoms with van der Waals surface area (Å²) in [4.78, 5) is 12.3. The predicted molar refractivity (Wildman–Crippen MR) is 83.5 cm³/mol. The number of hydrogen-bond donors (Lipinski definition) is 1. The Morgan fingerprint density at radius 3 is 2.14 bits per heavy atom. The Hall–Kier alpha value is -0.910. The molecule has 0 radical (unpaired) electrons. The molecule has 1 aliphatic carbocycles. The van der Waals surface area contributed by atoms with Gasteiger partial charge in [-0.05, 0) is 37.5 Å². The minimum Gasteiger partial charge on any atom is -0.299 e. The zero-order valence-corrected chi connectivity index (χ0v) is 13.6. The Labute approximate surface area is 130 Å². The molecule has 0 aromatic heterocycles. The Kier molecular flexibility index (Phi) is 4.76. The number of carbonyl (C=O) groups excluding carboxylic acids is 1. The van der Waals surface area contributed by atoms with Gasteiger partial charge >= 0.3 is 0 Å². The van der Waals surface area contributed by atoms with Gasteiger partial charge in [0.25, 0.3) is 0 Å². The summed E-state index contributed by atoms with van der Waals surface area (Å²) >= 11 is 5.87. The summed E-state index contributed by atoms with van der Waals surface area (Å²) in [5, 5.41) is 5.01. The van der Waals surface area contributed by atoms with Crippen LogP contribution in [0.3, 0.4) is 0 Å². The molecule has 21 heavy (non-hydrogen) atoms. The summed E-state index contributed by atoms with van der Waals surface area (Å²) in [6.07, 6.45) is 3.84. The van der Waals surface area contributed by atoms with Gasteiger partial charge in [-0.1, -0.05) is 43.0 Å². The van der Waals surface area contributed by atoms with Crippen LogP contribution in [0.2, 0.25) is 5.02 Å². The third kappa shape index (κ3) is 3.30. The number of Topliss-reactive ketones (excluding diaryl/α,β-unsaturated/α-hetero) is 1. The molecule has 4 nitrogen and oxygen atoms in total. The third-order valence-corrected chi connectivity index (χ3v) is 6.08. The van der Waals surface area contributed by atoms with Crippen LogP contribution in [0.4, 0.5) is 0 Å². The highest BCUT2D eigenvalue weighted by Crippen LogP contribution is 2.50. The van der Waals surface area contributed by atoms with Gasteiger partial charge in [-0.3, -0.25) is 4.79 Å². The van der Waals surface area contributed by atoms with Crippen LogP contribution in [0.1, 0.15) is 49.8 Å². The van der Waals surface area contributed by atoms with Gasteiger partial charge in [-0.15, -0.1) is 0 Å². The Bertz CT molecular complexity index is 619. The van der Waals surface area contributed by atoms with Crippen LogP contribution in [0, 0.1) is 5.41 Å². The molecule has 6 heteroatoms. The van der Waals surface area contributed by atoms with Gasteiger partial charge in [0, 0.05) is 5.02 Å². The van der Waals surface area contributed by atoms with Crippen molar-refractivity contribution in [3.63, 3.8) is 0 Å². The zero-order chi connectivity index (χ0) is 15.7. The van der Waals surface area contributed by atoms with Gasteiger partial charge < -0.3 is 0 Å². The van der Waals surface area contributed by atoms with Gasteiger partial charge in [0.15, 0.2) is 0 Å². The van der Waals surface area contributed by atoms with Crippen molar-refractivity contribution < 1.29 is 13.2 Å². The number of halogens is 1.